The highest BCUT2D eigenvalue weighted by atomic mass is 19.1. The zero-order valence-electron chi connectivity index (χ0n) is 16.5. The minimum atomic E-state index is -0.654. The Labute approximate surface area is 177 Å². The van der Waals surface area contributed by atoms with E-state index in [4.69, 9.17) is 14.5 Å². The van der Waals surface area contributed by atoms with Crippen molar-refractivity contribution in [2.75, 3.05) is 24.8 Å². The molecule has 0 aliphatic carbocycles. The normalized spacial score (nSPS) is 16.8. The van der Waals surface area contributed by atoms with Crippen LogP contribution < -0.4 is 4.90 Å². The molecule has 0 radical (unpaired) electrons. The summed E-state index contributed by atoms with van der Waals surface area (Å²) in [6.45, 7) is 5.10. The van der Waals surface area contributed by atoms with Gasteiger partial charge < -0.3 is 14.5 Å². The molecule has 8 nitrogen and oxygen atoms in total. The van der Waals surface area contributed by atoms with E-state index in [1.54, 1.807) is 30.6 Å². The predicted octanol–water partition coefficient (Wildman–Crippen LogP) is 3.64. The van der Waals surface area contributed by atoms with E-state index in [2.05, 4.69) is 26.5 Å². The highest BCUT2D eigenvalue weighted by Crippen LogP contribution is 2.33. The van der Waals surface area contributed by atoms with Gasteiger partial charge in [-0.3, -0.25) is 9.89 Å². The quantitative estimate of drug-likeness (QED) is 0.651. The van der Waals surface area contributed by atoms with Gasteiger partial charge in [0, 0.05) is 24.2 Å². The molecule has 1 N–H and O–H groups in total. The molecular weight excluding hydrogens is 399 g/mol. The molecule has 9 heteroatoms. The van der Waals surface area contributed by atoms with E-state index in [1.807, 2.05) is 17.2 Å². The van der Waals surface area contributed by atoms with Crippen molar-refractivity contribution in [2.45, 2.75) is 6.29 Å². The number of aromatic amines is 1. The number of nitrogens with zero attached hydrogens (tertiary/aromatic N) is 5. The molecule has 1 saturated heterocycles. The second-order valence-corrected chi connectivity index (χ2v) is 7.08. The summed E-state index contributed by atoms with van der Waals surface area (Å²) in [5.74, 6) is 0.693. The monoisotopic (exact) mass is 418 g/mol. The molecule has 0 saturated carbocycles. The fourth-order valence-corrected chi connectivity index (χ4v) is 3.28. The minimum Gasteiger partial charge on any atom is -0.341 e. The van der Waals surface area contributed by atoms with Gasteiger partial charge in [0.15, 0.2) is 5.82 Å². The Morgan fingerprint density at radius 1 is 1.10 bits per heavy atom. The largest absolute Gasteiger partial charge is 0.341 e. The van der Waals surface area contributed by atoms with Gasteiger partial charge in [0.2, 0.25) is 12.2 Å². The summed E-state index contributed by atoms with van der Waals surface area (Å²) in [4.78, 5) is 23.1. The van der Waals surface area contributed by atoms with Crippen LogP contribution in [0, 0.1) is 5.82 Å². The van der Waals surface area contributed by atoms with Crippen molar-refractivity contribution in [3.8, 4) is 22.6 Å². The van der Waals surface area contributed by atoms with Gasteiger partial charge >= 0.3 is 0 Å². The lowest BCUT2D eigenvalue weighted by Crippen LogP contribution is -2.21. The van der Waals surface area contributed by atoms with Gasteiger partial charge in [-0.25, -0.2) is 19.3 Å². The van der Waals surface area contributed by atoms with Crippen LogP contribution in [0.4, 0.5) is 10.3 Å². The van der Waals surface area contributed by atoms with Gasteiger partial charge in [0.1, 0.15) is 12.5 Å². The van der Waals surface area contributed by atoms with Crippen LogP contribution in [-0.4, -0.2) is 46.0 Å². The third-order valence-electron chi connectivity index (χ3n) is 4.79. The number of allylic oxidation sites excluding steroid dienone is 1. The zero-order valence-corrected chi connectivity index (χ0v) is 16.5. The number of anilines is 1. The molecular formula is C22H19FN6O2. The molecule has 5 rings (SSSR count). The number of rotatable bonds is 4. The molecule has 0 spiro atoms. The summed E-state index contributed by atoms with van der Waals surface area (Å²) < 4.78 is 24.9. The SMILES string of the molecule is C=C1COC(c2nc(-c3ccc(F)cc3)c(-c3ccnc(N4C=CC=NC4)n3)[nH]2)OC1. The molecule has 0 amide bonds. The maximum atomic E-state index is 13.5. The number of nitrogens with one attached hydrogen (secondary N) is 1. The summed E-state index contributed by atoms with van der Waals surface area (Å²) >= 11 is 0. The first-order valence-electron chi connectivity index (χ1n) is 9.70. The number of ether oxygens (including phenoxy) is 2. The maximum absolute atomic E-state index is 13.5. The van der Waals surface area contributed by atoms with E-state index >= 15 is 0 Å². The van der Waals surface area contributed by atoms with Crippen LogP contribution in [0.2, 0.25) is 0 Å². The molecule has 2 aromatic heterocycles. The maximum Gasteiger partial charge on any atom is 0.231 e. The van der Waals surface area contributed by atoms with Crippen LogP contribution >= 0.6 is 0 Å². The first kappa shape index (κ1) is 19.3. The Hall–Kier alpha value is -3.69. The molecule has 2 aliphatic rings. The second-order valence-electron chi connectivity index (χ2n) is 7.08. The Kier molecular flexibility index (Phi) is 5.11. The van der Waals surface area contributed by atoms with Gasteiger partial charge in [-0.1, -0.05) is 6.58 Å². The number of hydrogen-bond donors (Lipinski definition) is 1. The van der Waals surface area contributed by atoms with Gasteiger partial charge in [0.05, 0.1) is 30.3 Å². The molecule has 1 fully saturated rings. The van der Waals surface area contributed by atoms with Gasteiger partial charge in [-0.15, -0.1) is 0 Å². The van der Waals surface area contributed by atoms with E-state index in [9.17, 15) is 4.39 Å². The average Bonchev–Trinajstić information content (AvgIpc) is 3.26. The van der Waals surface area contributed by atoms with Crippen molar-refractivity contribution in [3.63, 3.8) is 0 Å². The number of benzene rings is 1. The lowest BCUT2D eigenvalue weighted by molar-refractivity contribution is -0.165. The molecule has 2 aliphatic heterocycles. The minimum absolute atomic E-state index is 0.319. The lowest BCUT2D eigenvalue weighted by atomic mass is 10.1. The van der Waals surface area contributed by atoms with Crippen molar-refractivity contribution in [2.24, 2.45) is 4.99 Å². The number of aromatic nitrogens is 4. The van der Waals surface area contributed by atoms with E-state index in [0.29, 0.717) is 48.7 Å². The highest BCUT2D eigenvalue weighted by Gasteiger charge is 2.25. The first-order chi connectivity index (χ1) is 15.2. The Morgan fingerprint density at radius 3 is 2.65 bits per heavy atom. The van der Waals surface area contributed by atoms with Gasteiger partial charge in [0.25, 0.3) is 0 Å². The highest BCUT2D eigenvalue weighted by molar-refractivity contribution is 5.77. The van der Waals surface area contributed by atoms with E-state index in [1.165, 1.54) is 12.1 Å². The zero-order chi connectivity index (χ0) is 21.2. The predicted molar refractivity (Wildman–Crippen MR) is 114 cm³/mol. The van der Waals surface area contributed by atoms with Crippen molar-refractivity contribution >= 4 is 12.2 Å². The molecule has 0 atom stereocenters. The third kappa shape index (κ3) is 4.00. The Morgan fingerprint density at radius 2 is 1.90 bits per heavy atom. The number of hydrogen-bond acceptors (Lipinski definition) is 7. The Bertz CT molecular complexity index is 1160. The van der Waals surface area contributed by atoms with Crippen LogP contribution in [0.1, 0.15) is 12.1 Å². The number of halogens is 1. The van der Waals surface area contributed by atoms with E-state index in [-0.39, 0.29) is 5.82 Å². The lowest BCUT2D eigenvalue weighted by Gasteiger charge is -2.22. The standard InChI is InChI=1S/C22H19FN6O2/c1-14-11-30-21(31-12-14)20-27-18(15-3-5-16(23)6-4-15)19(28-20)17-7-9-25-22(26-17)29-10-2-8-24-13-29/h2-10,21H,1,11-13H2,(H,27,28). The summed E-state index contributed by atoms with van der Waals surface area (Å²) in [5, 5.41) is 0. The molecule has 156 valence electrons. The fraction of sp³-hybridized carbons (Fsp3) is 0.182. The van der Waals surface area contributed by atoms with E-state index < -0.39 is 6.29 Å². The summed E-state index contributed by atoms with van der Waals surface area (Å²) in [6.07, 6.45) is 6.44. The number of H-pyrrole nitrogens is 1. The average molecular weight is 418 g/mol. The topological polar surface area (TPSA) is 88.5 Å². The van der Waals surface area contributed by atoms with Gasteiger partial charge in [-0.05, 0) is 42.0 Å². The number of imidazole rings is 1. The molecule has 31 heavy (non-hydrogen) atoms. The Balaban J connectivity index is 1.56. The smallest absolute Gasteiger partial charge is 0.231 e. The molecule has 0 unspecified atom stereocenters. The second kappa shape index (κ2) is 8.21. The van der Waals surface area contributed by atoms with Gasteiger partial charge in [-0.2, -0.15) is 0 Å². The molecule has 3 aromatic rings. The molecule has 0 bridgehead atoms. The van der Waals surface area contributed by atoms with Crippen molar-refractivity contribution < 1.29 is 13.9 Å². The number of aliphatic imine (C=N–C) groups is 1. The van der Waals surface area contributed by atoms with E-state index in [0.717, 1.165) is 11.1 Å². The molecule has 4 heterocycles. The summed E-state index contributed by atoms with van der Waals surface area (Å²) in [7, 11) is 0. The molecule has 1 aromatic carbocycles. The third-order valence-corrected chi connectivity index (χ3v) is 4.79. The summed E-state index contributed by atoms with van der Waals surface area (Å²) in [5.41, 5.74) is 3.50. The van der Waals surface area contributed by atoms with Crippen molar-refractivity contribution in [1.29, 1.82) is 0 Å². The fourth-order valence-electron chi connectivity index (χ4n) is 3.28. The first-order valence-corrected chi connectivity index (χ1v) is 9.70. The van der Waals surface area contributed by atoms with Crippen LogP contribution in [0.3, 0.4) is 0 Å². The van der Waals surface area contributed by atoms with Crippen molar-refractivity contribution in [1.82, 2.24) is 19.9 Å². The summed E-state index contributed by atoms with van der Waals surface area (Å²) in [6, 6.07) is 7.93. The van der Waals surface area contributed by atoms with Crippen LogP contribution in [0.25, 0.3) is 22.6 Å². The van der Waals surface area contributed by atoms with Crippen LogP contribution in [0.15, 0.2) is 65.9 Å². The van der Waals surface area contributed by atoms with Crippen LogP contribution in [0.5, 0.6) is 0 Å². The van der Waals surface area contributed by atoms with Crippen molar-refractivity contribution in [3.05, 3.63) is 72.6 Å². The van der Waals surface area contributed by atoms with Crippen LogP contribution in [-0.2, 0) is 9.47 Å².